The number of rotatable bonds is 5. The fourth-order valence-corrected chi connectivity index (χ4v) is 3.30. The van der Waals surface area contributed by atoms with Gasteiger partial charge in [-0.25, -0.2) is 0 Å². The van der Waals surface area contributed by atoms with Crippen LogP contribution in [-0.4, -0.2) is 20.8 Å². The Balaban J connectivity index is 2.39. The first-order chi connectivity index (χ1) is 9.21. The largest absolute Gasteiger partial charge is 0.496 e. The normalized spacial score (nSPS) is 17.5. The van der Waals surface area contributed by atoms with Crippen LogP contribution >= 0.6 is 0 Å². The molecule has 1 fully saturated rings. The van der Waals surface area contributed by atoms with Crippen LogP contribution in [0.4, 0.5) is 0 Å². The SMILES string of the molecule is COc1cc(C(CN)C2CCCC2)c(OC)cc1C. The second kappa shape index (κ2) is 6.29. The molecule has 0 amide bonds. The van der Waals surface area contributed by atoms with E-state index >= 15 is 0 Å². The lowest BCUT2D eigenvalue weighted by Crippen LogP contribution is -2.20. The molecule has 1 aromatic rings. The average Bonchev–Trinajstić information content (AvgIpc) is 2.94. The highest BCUT2D eigenvalue weighted by Crippen LogP contribution is 2.42. The van der Waals surface area contributed by atoms with Gasteiger partial charge in [-0.1, -0.05) is 12.8 Å². The van der Waals surface area contributed by atoms with Crippen LogP contribution in [0.5, 0.6) is 11.5 Å². The number of ether oxygens (including phenoxy) is 2. The highest BCUT2D eigenvalue weighted by Gasteiger charge is 2.28. The van der Waals surface area contributed by atoms with Crippen LogP contribution in [-0.2, 0) is 0 Å². The Morgan fingerprint density at radius 3 is 2.32 bits per heavy atom. The van der Waals surface area contributed by atoms with Gasteiger partial charge in [-0.15, -0.1) is 0 Å². The van der Waals surface area contributed by atoms with E-state index in [1.807, 2.05) is 6.92 Å². The number of methoxy groups -OCH3 is 2. The van der Waals surface area contributed by atoms with Crippen molar-refractivity contribution in [2.24, 2.45) is 11.7 Å². The summed E-state index contributed by atoms with van der Waals surface area (Å²) in [5.74, 6) is 2.94. The number of nitrogens with two attached hydrogens (primary N) is 1. The van der Waals surface area contributed by atoms with Crippen LogP contribution in [0.2, 0.25) is 0 Å². The lowest BCUT2D eigenvalue weighted by atomic mass is 9.84. The maximum Gasteiger partial charge on any atom is 0.122 e. The summed E-state index contributed by atoms with van der Waals surface area (Å²) in [5, 5.41) is 0. The molecule has 1 saturated carbocycles. The maximum absolute atomic E-state index is 6.04. The predicted molar refractivity (Wildman–Crippen MR) is 78.0 cm³/mol. The Morgan fingerprint density at radius 1 is 1.16 bits per heavy atom. The number of benzene rings is 1. The summed E-state index contributed by atoms with van der Waals surface area (Å²) >= 11 is 0. The molecule has 106 valence electrons. The molecule has 1 aliphatic carbocycles. The van der Waals surface area contributed by atoms with Crippen molar-refractivity contribution in [2.45, 2.75) is 38.5 Å². The molecule has 1 unspecified atom stereocenters. The minimum atomic E-state index is 0.381. The van der Waals surface area contributed by atoms with Crippen molar-refractivity contribution >= 4 is 0 Å². The molecule has 0 heterocycles. The van der Waals surface area contributed by atoms with Crippen LogP contribution in [0.3, 0.4) is 0 Å². The monoisotopic (exact) mass is 263 g/mol. The topological polar surface area (TPSA) is 44.5 Å². The summed E-state index contributed by atoms with van der Waals surface area (Å²) in [6.45, 7) is 2.71. The van der Waals surface area contributed by atoms with Gasteiger partial charge < -0.3 is 15.2 Å². The molecule has 0 saturated heterocycles. The molecule has 1 atom stereocenters. The molecule has 1 aliphatic rings. The van der Waals surface area contributed by atoms with Gasteiger partial charge in [0.2, 0.25) is 0 Å². The molecule has 0 bridgehead atoms. The molecule has 0 spiro atoms. The number of hydrogen-bond acceptors (Lipinski definition) is 3. The van der Waals surface area contributed by atoms with E-state index < -0.39 is 0 Å². The molecule has 2 rings (SSSR count). The molecular formula is C16H25NO2. The zero-order valence-corrected chi connectivity index (χ0v) is 12.2. The smallest absolute Gasteiger partial charge is 0.122 e. The number of aryl methyl sites for hydroxylation is 1. The molecule has 0 aliphatic heterocycles. The van der Waals surface area contributed by atoms with Gasteiger partial charge >= 0.3 is 0 Å². The van der Waals surface area contributed by atoms with Crippen LogP contribution in [0.15, 0.2) is 12.1 Å². The minimum absolute atomic E-state index is 0.381. The van der Waals surface area contributed by atoms with Crippen LogP contribution in [0.25, 0.3) is 0 Å². The summed E-state index contributed by atoms with van der Waals surface area (Å²) in [6, 6.07) is 4.18. The molecule has 19 heavy (non-hydrogen) atoms. The van der Waals surface area contributed by atoms with Crippen LogP contribution in [0.1, 0.15) is 42.7 Å². The summed E-state index contributed by atoms with van der Waals surface area (Å²) in [5.41, 5.74) is 8.35. The first kappa shape index (κ1) is 14.2. The van der Waals surface area contributed by atoms with Gasteiger partial charge in [0.15, 0.2) is 0 Å². The fraction of sp³-hybridized carbons (Fsp3) is 0.625. The molecule has 3 nitrogen and oxygen atoms in total. The highest BCUT2D eigenvalue weighted by molar-refractivity contribution is 5.48. The number of hydrogen-bond donors (Lipinski definition) is 1. The van der Waals surface area contributed by atoms with Gasteiger partial charge in [0.05, 0.1) is 14.2 Å². The molecule has 3 heteroatoms. The third kappa shape index (κ3) is 2.86. The van der Waals surface area contributed by atoms with Crippen LogP contribution in [0, 0.1) is 12.8 Å². The first-order valence-electron chi connectivity index (χ1n) is 7.13. The van der Waals surface area contributed by atoms with Crippen molar-refractivity contribution in [2.75, 3.05) is 20.8 Å². The van der Waals surface area contributed by atoms with Crippen molar-refractivity contribution in [3.05, 3.63) is 23.3 Å². The van der Waals surface area contributed by atoms with Gasteiger partial charge in [0, 0.05) is 11.5 Å². The Bertz CT molecular complexity index is 425. The standard InChI is InChI=1S/C16H25NO2/c1-11-8-16(19-3)13(9-15(11)18-2)14(10-17)12-6-4-5-7-12/h8-9,12,14H,4-7,10,17H2,1-3H3. The van der Waals surface area contributed by atoms with Crippen molar-refractivity contribution in [3.8, 4) is 11.5 Å². The van der Waals surface area contributed by atoms with Crippen LogP contribution < -0.4 is 15.2 Å². The minimum Gasteiger partial charge on any atom is -0.496 e. The third-order valence-corrected chi connectivity index (χ3v) is 4.37. The van der Waals surface area contributed by atoms with Gasteiger partial charge in [-0.3, -0.25) is 0 Å². The molecule has 0 aromatic heterocycles. The van der Waals surface area contributed by atoms with Crippen molar-refractivity contribution < 1.29 is 9.47 Å². The van der Waals surface area contributed by atoms with Gasteiger partial charge in [-0.05, 0) is 49.9 Å². The van der Waals surface area contributed by atoms with Gasteiger partial charge in [0.1, 0.15) is 11.5 Å². The van der Waals surface area contributed by atoms with E-state index in [2.05, 4.69) is 12.1 Å². The van der Waals surface area contributed by atoms with E-state index in [0.29, 0.717) is 18.4 Å². The summed E-state index contributed by atoms with van der Waals surface area (Å²) < 4.78 is 11.0. The zero-order valence-electron chi connectivity index (χ0n) is 12.2. The first-order valence-corrected chi connectivity index (χ1v) is 7.13. The second-order valence-corrected chi connectivity index (χ2v) is 5.45. The maximum atomic E-state index is 6.04. The lowest BCUT2D eigenvalue weighted by molar-refractivity contribution is 0.375. The Labute approximate surface area is 116 Å². The molecule has 0 radical (unpaired) electrons. The Hall–Kier alpha value is -1.22. The lowest BCUT2D eigenvalue weighted by Gasteiger charge is -2.25. The quantitative estimate of drug-likeness (QED) is 0.887. The molecule has 1 aromatic carbocycles. The van der Waals surface area contributed by atoms with Crippen molar-refractivity contribution in [1.29, 1.82) is 0 Å². The Kier molecular flexibility index (Phi) is 4.70. The van der Waals surface area contributed by atoms with Crippen molar-refractivity contribution in [3.63, 3.8) is 0 Å². The average molecular weight is 263 g/mol. The van der Waals surface area contributed by atoms with Gasteiger partial charge in [-0.2, -0.15) is 0 Å². The molecule has 2 N–H and O–H groups in total. The summed E-state index contributed by atoms with van der Waals surface area (Å²) in [7, 11) is 3.44. The fourth-order valence-electron chi connectivity index (χ4n) is 3.30. The third-order valence-electron chi connectivity index (χ3n) is 4.37. The predicted octanol–water partition coefficient (Wildman–Crippen LogP) is 3.24. The van der Waals surface area contributed by atoms with E-state index in [-0.39, 0.29) is 0 Å². The van der Waals surface area contributed by atoms with E-state index in [4.69, 9.17) is 15.2 Å². The summed E-state index contributed by atoms with van der Waals surface area (Å²) in [4.78, 5) is 0. The summed E-state index contributed by atoms with van der Waals surface area (Å²) in [6.07, 6.45) is 5.21. The van der Waals surface area contributed by atoms with Gasteiger partial charge in [0.25, 0.3) is 0 Å². The van der Waals surface area contributed by atoms with Crippen molar-refractivity contribution in [1.82, 2.24) is 0 Å². The highest BCUT2D eigenvalue weighted by atomic mass is 16.5. The van der Waals surface area contributed by atoms with E-state index in [0.717, 1.165) is 17.1 Å². The van der Waals surface area contributed by atoms with E-state index in [1.54, 1.807) is 14.2 Å². The Morgan fingerprint density at radius 2 is 1.79 bits per heavy atom. The molecular weight excluding hydrogens is 238 g/mol. The van der Waals surface area contributed by atoms with E-state index in [1.165, 1.54) is 31.2 Å². The van der Waals surface area contributed by atoms with E-state index in [9.17, 15) is 0 Å². The zero-order chi connectivity index (χ0) is 13.8. The second-order valence-electron chi connectivity index (χ2n) is 5.45.